The second-order valence-electron chi connectivity index (χ2n) is 12.5. The van der Waals surface area contributed by atoms with Gasteiger partial charge in [-0.15, -0.1) is 11.3 Å². The third kappa shape index (κ3) is 8.25. The fourth-order valence-corrected chi connectivity index (χ4v) is 7.89. The Hall–Kier alpha value is -5.17. The van der Waals surface area contributed by atoms with Crippen LogP contribution in [-0.4, -0.2) is 72.4 Å². The SMILES string of the molecule is CN(C)CCOc1ccc(-c2ccc(OCCCc3sc(N4CCc5cccc(C(=O)Nc6nc7ccccc7s6)c5C4)nc3C=O)cc2)nc1. The Kier molecular flexibility index (Phi) is 10.6. The molecule has 0 unspecified atom stereocenters. The molecule has 10 nitrogen and oxygen atoms in total. The molecule has 0 saturated carbocycles. The highest BCUT2D eigenvalue weighted by Gasteiger charge is 2.25. The van der Waals surface area contributed by atoms with E-state index in [2.05, 4.69) is 31.2 Å². The Morgan fingerprint density at radius 2 is 1.76 bits per heavy atom. The van der Waals surface area contributed by atoms with E-state index in [9.17, 15) is 9.59 Å². The highest BCUT2D eigenvalue weighted by molar-refractivity contribution is 7.22. The van der Waals surface area contributed by atoms with Gasteiger partial charge in [0.1, 0.15) is 23.8 Å². The van der Waals surface area contributed by atoms with Crippen molar-refractivity contribution in [3.8, 4) is 22.8 Å². The summed E-state index contributed by atoms with van der Waals surface area (Å²) in [4.78, 5) is 44.5. The topological polar surface area (TPSA) is 110 Å². The summed E-state index contributed by atoms with van der Waals surface area (Å²) in [7, 11) is 4.03. The van der Waals surface area contributed by atoms with Crippen molar-refractivity contribution in [2.75, 3.05) is 50.6 Å². The molecule has 0 saturated heterocycles. The van der Waals surface area contributed by atoms with Gasteiger partial charge in [0.25, 0.3) is 5.91 Å². The van der Waals surface area contributed by atoms with Crippen molar-refractivity contribution in [2.45, 2.75) is 25.8 Å². The van der Waals surface area contributed by atoms with Gasteiger partial charge >= 0.3 is 0 Å². The second-order valence-corrected chi connectivity index (χ2v) is 14.6. The lowest BCUT2D eigenvalue weighted by molar-refractivity contribution is 0.102. The van der Waals surface area contributed by atoms with Gasteiger partial charge in [-0.05, 0) is 99.1 Å². The minimum Gasteiger partial charge on any atom is -0.494 e. The van der Waals surface area contributed by atoms with E-state index in [1.165, 1.54) is 22.7 Å². The first-order chi connectivity index (χ1) is 24.9. The van der Waals surface area contributed by atoms with Crippen molar-refractivity contribution in [3.63, 3.8) is 0 Å². The molecule has 3 aromatic carbocycles. The van der Waals surface area contributed by atoms with Gasteiger partial charge in [-0.1, -0.05) is 35.6 Å². The second kappa shape index (κ2) is 15.8. The first kappa shape index (κ1) is 34.3. The number of ether oxygens (including phenoxy) is 2. The number of hydrogen-bond acceptors (Lipinski definition) is 11. The Labute approximate surface area is 304 Å². The van der Waals surface area contributed by atoms with Crippen molar-refractivity contribution in [2.24, 2.45) is 0 Å². The number of pyridine rings is 1. The van der Waals surface area contributed by atoms with Gasteiger partial charge in [0.2, 0.25) is 0 Å². The fraction of sp³-hybridized carbons (Fsp3) is 0.256. The van der Waals surface area contributed by atoms with Crippen molar-refractivity contribution in [3.05, 3.63) is 112 Å². The molecule has 0 fully saturated rings. The number of benzene rings is 3. The summed E-state index contributed by atoms with van der Waals surface area (Å²) in [5.41, 5.74) is 5.95. The molecule has 260 valence electrons. The summed E-state index contributed by atoms with van der Waals surface area (Å²) >= 11 is 3.00. The molecule has 0 aliphatic carbocycles. The van der Waals surface area contributed by atoms with Crippen LogP contribution in [0.2, 0.25) is 0 Å². The van der Waals surface area contributed by atoms with E-state index in [4.69, 9.17) is 14.5 Å². The van der Waals surface area contributed by atoms with Crippen LogP contribution in [0.15, 0.2) is 85.1 Å². The first-order valence-electron chi connectivity index (χ1n) is 16.9. The number of thiazole rings is 2. The van der Waals surface area contributed by atoms with Crippen molar-refractivity contribution in [1.29, 1.82) is 0 Å². The van der Waals surface area contributed by atoms with E-state index < -0.39 is 0 Å². The number of aryl methyl sites for hydroxylation is 1. The van der Waals surface area contributed by atoms with E-state index in [-0.39, 0.29) is 5.91 Å². The number of anilines is 2. The van der Waals surface area contributed by atoms with Crippen LogP contribution in [0.3, 0.4) is 0 Å². The Morgan fingerprint density at radius 3 is 2.55 bits per heavy atom. The number of fused-ring (bicyclic) bond motifs is 2. The molecule has 0 radical (unpaired) electrons. The molecule has 4 heterocycles. The molecule has 1 N–H and O–H groups in total. The Balaban J connectivity index is 0.933. The van der Waals surface area contributed by atoms with Gasteiger partial charge < -0.3 is 19.3 Å². The molecule has 0 spiro atoms. The predicted octanol–water partition coefficient (Wildman–Crippen LogP) is 7.39. The lowest BCUT2D eigenvalue weighted by atomic mass is 9.94. The summed E-state index contributed by atoms with van der Waals surface area (Å²) in [5, 5.41) is 4.37. The molecule has 0 bridgehead atoms. The quantitative estimate of drug-likeness (QED) is 0.0911. The lowest BCUT2D eigenvalue weighted by Crippen LogP contribution is -2.32. The number of aldehydes is 1. The van der Waals surface area contributed by atoms with Gasteiger partial charge in [0.15, 0.2) is 16.5 Å². The maximum absolute atomic E-state index is 13.5. The van der Waals surface area contributed by atoms with E-state index in [1.807, 2.05) is 86.9 Å². The fourth-order valence-electron chi connectivity index (χ4n) is 5.93. The van der Waals surface area contributed by atoms with Crippen molar-refractivity contribution < 1.29 is 19.1 Å². The van der Waals surface area contributed by atoms with E-state index in [0.29, 0.717) is 42.6 Å². The third-order valence-corrected chi connectivity index (χ3v) is 10.8. The maximum Gasteiger partial charge on any atom is 0.257 e. The number of nitrogens with zero attached hydrogens (tertiary/aromatic N) is 5. The van der Waals surface area contributed by atoms with Crippen LogP contribution in [0, 0.1) is 0 Å². The smallest absolute Gasteiger partial charge is 0.257 e. The molecule has 0 atom stereocenters. The van der Waals surface area contributed by atoms with E-state index in [0.717, 1.165) is 86.3 Å². The molecule has 1 amide bonds. The number of amides is 1. The van der Waals surface area contributed by atoms with Crippen LogP contribution in [0.25, 0.3) is 21.5 Å². The summed E-state index contributed by atoms with van der Waals surface area (Å²) in [6.45, 7) is 3.26. The zero-order valence-electron chi connectivity index (χ0n) is 28.5. The number of hydrogen-bond donors (Lipinski definition) is 1. The zero-order chi connectivity index (χ0) is 35.2. The summed E-state index contributed by atoms with van der Waals surface area (Å²) in [6.07, 6.45) is 4.78. The minimum atomic E-state index is -0.178. The number of nitrogens with one attached hydrogen (secondary N) is 1. The third-order valence-electron chi connectivity index (χ3n) is 8.64. The normalized spacial score (nSPS) is 12.6. The number of carbonyl (C=O) groups excluding carboxylic acids is 2. The Bertz CT molecular complexity index is 2100. The average molecular weight is 719 g/mol. The number of carbonyl (C=O) groups is 2. The number of aromatic nitrogens is 3. The maximum atomic E-state index is 13.5. The summed E-state index contributed by atoms with van der Waals surface area (Å²) in [5.74, 6) is 1.35. The Morgan fingerprint density at radius 1 is 0.941 bits per heavy atom. The average Bonchev–Trinajstić information content (AvgIpc) is 3.77. The highest BCUT2D eigenvalue weighted by Crippen LogP contribution is 2.33. The molecule has 1 aliphatic heterocycles. The monoisotopic (exact) mass is 718 g/mol. The largest absolute Gasteiger partial charge is 0.494 e. The van der Waals surface area contributed by atoms with Gasteiger partial charge in [0, 0.05) is 35.6 Å². The standard InChI is InChI=1S/C39H38N6O4S2/c1-44(2)20-22-49-29-16-17-32(40-23-29)27-12-14-28(15-13-27)48-21-6-11-36-34(25-46)42-39(51-36)45-19-18-26-7-5-8-30(31(26)24-45)37(47)43-38-41-33-9-3-4-10-35(33)50-38/h3-5,7-10,12-17,23,25H,6,11,18-22,24H2,1-2H3,(H,41,43,47). The van der Waals surface area contributed by atoms with Crippen LogP contribution >= 0.6 is 22.7 Å². The van der Waals surface area contributed by atoms with Crippen LogP contribution in [0.5, 0.6) is 11.5 Å². The molecular formula is C39H38N6O4S2. The molecule has 51 heavy (non-hydrogen) atoms. The van der Waals surface area contributed by atoms with Gasteiger partial charge in [0.05, 0.1) is 28.7 Å². The molecular weight excluding hydrogens is 681 g/mol. The van der Waals surface area contributed by atoms with Crippen LogP contribution in [0.4, 0.5) is 10.3 Å². The zero-order valence-corrected chi connectivity index (χ0v) is 30.1. The van der Waals surface area contributed by atoms with Crippen molar-refractivity contribution in [1.82, 2.24) is 19.9 Å². The van der Waals surface area contributed by atoms with E-state index >= 15 is 0 Å². The lowest BCUT2D eigenvalue weighted by Gasteiger charge is -2.29. The van der Waals surface area contributed by atoms with Crippen LogP contribution in [0.1, 0.15) is 43.3 Å². The molecule has 12 heteroatoms. The van der Waals surface area contributed by atoms with Crippen LogP contribution < -0.4 is 19.7 Å². The summed E-state index contributed by atoms with van der Waals surface area (Å²) < 4.78 is 12.8. The molecule has 7 rings (SSSR count). The van der Waals surface area contributed by atoms with Gasteiger partial charge in [-0.25, -0.2) is 9.97 Å². The van der Waals surface area contributed by atoms with Crippen LogP contribution in [-0.2, 0) is 19.4 Å². The first-order valence-corrected chi connectivity index (χ1v) is 18.5. The number of para-hydroxylation sites is 1. The highest BCUT2D eigenvalue weighted by atomic mass is 32.1. The number of rotatable bonds is 14. The van der Waals surface area contributed by atoms with E-state index in [1.54, 1.807) is 6.20 Å². The number of likely N-dealkylation sites (N-methyl/N-ethyl adjacent to an activating group) is 1. The predicted molar refractivity (Wildman–Crippen MR) is 204 cm³/mol. The summed E-state index contributed by atoms with van der Waals surface area (Å²) in [6, 6.07) is 25.5. The minimum absolute atomic E-state index is 0.178. The van der Waals surface area contributed by atoms with Crippen molar-refractivity contribution >= 4 is 55.3 Å². The molecule has 1 aliphatic rings. The van der Waals surface area contributed by atoms with Gasteiger partial charge in [-0.3, -0.25) is 19.9 Å². The molecule has 3 aromatic heterocycles. The molecule has 6 aromatic rings. The van der Waals surface area contributed by atoms with Gasteiger partial charge in [-0.2, -0.15) is 0 Å².